The van der Waals surface area contributed by atoms with Crippen LogP contribution in [0.2, 0.25) is 0 Å². The van der Waals surface area contributed by atoms with Crippen molar-refractivity contribution < 1.29 is 28.6 Å². The summed E-state index contributed by atoms with van der Waals surface area (Å²) in [5, 5.41) is 0. The first-order chi connectivity index (χ1) is 9.84. The number of hydrogen-bond acceptors (Lipinski definition) is 6. The summed E-state index contributed by atoms with van der Waals surface area (Å²) in [6.45, 7) is 13.7. The van der Waals surface area contributed by atoms with Gasteiger partial charge in [-0.2, -0.15) is 0 Å². The first-order valence-corrected chi connectivity index (χ1v) is 5.95. The molecule has 0 amide bonds. The Morgan fingerprint density at radius 1 is 0.714 bits per heavy atom. The molecule has 21 heavy (non-hydrogen) atoms. The van der Waals surface area contributed by atoms with E-state index in [-0.39, 0.29) is 0 Å². The Labute approximate surface area is 127 Å². The summed E-state index contributed by atoms with van der Waals surface area (Å²) < 4.78 is 12.4. The summed E-state index contributed by atoms with van der Waals surface area (Å²) in [7, 11) is 3.93. The molecule has 0 saturated carbocycles. The van der Waals surface area contributed by atoms with Crippen molar-refractivity contribution in [1.29, 1.82) is 0 Å². The molecule has 0 aromatic carbocycles. The molecule has 0 spiro atoms. The van der Waals surface area contributed by atoms with Gasteiger partial charge in [0.25, 0.3) is 0 Å². The van der Waals surface area contributed by atoms with Crippen molar-refractivity contribution in [2.75, 3.05) is 21.3 Å². The van der Waals surface area contributed by atoms with Crippen molar-refractivity contribution in [3.05, 3.63) is 38.0 Å². The maximum absolute atomic E-state index is 9.84. The van der Waals surface area contributed by atoms with Gasteiger partial charge in [-0.15, -0.1) is 0 Å². The highest BCUT2D eigenvalue weighted by atomic mass is 16.5. The number of esters is 3. The molecule has 6 heteroatoms. The maximum Gasteiger partial charge on any atom is 0.329 e. The van der Waals surface area contributed by atoms with Crippen LogP contribution >= 0.6 is 0 Å². The van der Waals surface area contributed by atoms with Gasteiger partial charge < -0.3 is 14.2 Å². The van der Waals surface area contributed by atoms with Crippen LogP contribution in [0.5, 0.6) is 0 Å². The average molecular weight is 302 g/mol. The zero-order chi connectivity index (χ0) is 17.7. The predicted molar refractivity (Wildman–Crippen MR) is 82.6 cm³/mol. The second kappa shape index (κ2) is 26.2. The van der Waals surface area contributed by atoms with E-state index in [1.807, 2.05) is 0 Å². The molecular formula is C15H26O6. The van der Waals surface area contributed by atoms with Crippen LogP contribution in [0.25, 0.3) is 0 Å². The minimum atomic E-state index is -0.394. The molecule has 0 N–H and O–H groups in total. The highest BCUT2D eigenvalue weighted by Gasteiger charge is 1.82. The predicted octanol–water partition coefficient (Wildman–Crippen LogP) is 2.45. The number of carbonyl (C=O) groups excluding carboxylic acids is 3. The van der Waals surface area contributed by atoms with Gasteiger partial charge in [-0.1, -0.05) is 40.0 Å². The van der Waals surface area contributed by atoms with Crippen LogP contribution in [0, 0.1) is 0 Å². The third kappa shape index (κ3) is 46.4. The van der Waals surface area contributed by atoms with E-state index in [2.05, 4.69) is 47.8 Å². The average Bonchev–Trinajstić information content (AvgIpc) is 2.54. The lowest BCUT2D eigenvalue weighted by atomic mass is 10.6. The van der Waals surface area contributed by atoms with E-state index < -0.39 is 17.9 Å². The molecule has 0 atom stereocenters. The third-order valence-corrected chi connectivity index (χ3v) is 1.10. The summed E-state index contributed by atoms with van der Waals surface area (Å²) in [5.74, 6) is -1.18. The molecular weight excluding hydrogens is 276 g/mol. The lowest BCUT2D eigenvalue weighted by Crippen LogP contribution is -1.91. The lowest BCUT2D eigenvalue weighted by Gasteiger charge is -1.83. The van der Waals surface area contributed by atoms with Crippen LogP contribution < -0.4 is 0 Å². The van der Waals surface area contributed by atoms with Crippen LogP contribution in [0.4, 0.5) is 0 Å². The summed E-state index contributed by atoms with van der Waals surface area (Å²) >= 11 is 0. The van der Waals surface area contributed by atoms with Gasteiger partial charge in [0.1, 0.15) is 0 Å². The Morgan fingerprint density at radius 3 is 0.857 bits per heavy atom. The fraction of sp³-hybridized carbons (Fsp3) is 0.400. The zero-order valence-electron chi connectivity index (χ0n) is 13.5. The van der Waals surface area contributed by atoms with Gasteiger partial charge >= 0.3 is 17.9 Å². The molecule has 0 rings (SSSR count). The molecule has 0 fully saturated rings. The Hall–Kier alpha value is -2.37. The van der Waals surface area contributed by atoms with Crippen molar-refractivity contribution in [1.82, 2.24) is 0 Å². The lowest BCUT2D eigenvalue weighted by molar-refractivity contribution is -0.135. The number of rotatable bonds is 3. The van der Waals surface area contributed by atoms with Crippen LogP contribution in [0.15, 0.2) is 38.0 Å². The number of hydrogen-bond donors (Lipinski definition) is 0. The Balaban J connectivity index is -0.0000000944. The fourth-order valence-electron chi connectivity index (χ4n) is 0.250. The Kier molecular flexibility index (Phi) is 33.8. The van der Waals surface area contributed by atoms with E-state index in [9.17, 15) is 14.4 Å². The molecule has 6 nitrogen and oxygen atoms in total. The minimum absolute atomic E-state index is 0.394. The van der Waals surface area contributed by atoms with E-state index in [4.69, 9.17) is 0 Å². The van der Waals surface area contributed by atoms with Crippen LogP contribution in [-0.4, -0.2) is 39.2 Å². The van der Waals surface area contributed by atoms with Crippen LogP contribution in [0.3, 0.4) is 0 Å². The second-order valence-electron chi connectivity index (χ2n) is 2.89. The quantitative estimate of drug-likeness (QED) is 0.452. The molecule has 0 aliphatic carbocycles. The van der Waals surface area contributed by atoms with E-state index >= 15 is 0 Å². The maximum atomic E-state index is 9.84. The molecule has 0 heterocycles. The molecule has 0 aliphatic rings. The summed E-state index contributed by atoms with van der Waals surface area (Å²) in [4.78, 5) is 29.5. The van der Waals surface area contributed by atoms with Gasteiger partial charge in [0, 0.05) is 18.2 Å². The first-order valence-electron chi connectivity index (χ1n) is 5.95. The minimum Gasteiger partial charge on any atom is -0.466 e. The fourth-order valence-corrected chi connectivity index (χ4v) is 0.250. The smallest absolute Gasteiger partial charge is 0.329 e. The van der Waals surface area contributed by atoms with Gasteiger partial charge in [-0.25, -0.2) is 14.4 Å². The first kappa shape index (κ1) is 27.1. The van der Waals surface area contributed by atoms with Gasteiger partial charge in [0.15, 0.2) is 0 Å². The SMILES string of the molecule is C=CC(=O)OC.C=CC(=O)OC.C=CC(=O)OC.CCC. The second-order valence-corrected chi connectivity index (χ2v) is 2.89. The van der Waals surface area contributed by atoms with Crippen molar-refractivity contribution in [3.63, 3.8) is 0 Å². The summed E-state index contributed by atoms with van der Waals surface area (Å²) in [6, 6.07) is 0. The Bertz CT molecular complexity index is 260. The molecule has 0 radical (unpaired) electrons. The molecule has 122 valence electrons. The van der Waals surface area contributed by atoms with Crippen LogP contribution in [0.1, 0.15) is 20.3 Å². The third-order valence-electron chi connectivity index (χ3n) is 1.10. The summed E-state index contributed by atoms with van der Waals surface area (Å²) in [6.07, 6.45) is 4.58. The van der Waals surface area contributed by atoms with Gasteiger partial charge in [-0.3, -0.25) is 0 Å². The van der Waals surface area contributed by atoms with Gasteiger partial charge in [0.2, 0.25) is 0 Å². The van der Waals surface area contributed by atoms with Crippen molar-refractivity contribution in [3.8, 4) is 0 Å². The van der Waals surface area contributed by atoms with E-state index in [0.717, 1.165) is 18.2 Å². The Morgan fingerprint density at radius 2 is 0.857 bits per heavy atom. The molecule has 0 aromatic heterocycles. The zero-order valence-corrected chi connectivity index (χ0v) is 13.5. The van der Waals surface area contributed by atoms with Gasteiger partial charge in [0.05, 0.1) is 21.3 Å². The number of carbonyl (C=O) groups is 3. The topological polar surface area (TPSA) is 78.9 Å². The molecule has 0 saturated heterocycles. The standard InChI is InChI=1S/3C4H6O2.C3H8/c3*1-3-4(5)6-2;1-3-2/h3*3H,1H2,2H3;3H2,1-2H3. The summed E-state index contributed by atoms with van der Waals surface area (Å²) in [5.41, 5.74) is 0. The van der Waals surface area contributed by atoms with E-state index in [0.29, 0.717) is 0 Å². The highest BCUT2D eigenvalue weighted by Crippen LogP contribution is 1.68. The largest absolute Gasteiger partial charge is 0.466 e. The van der Waals surface area contributed by atoms with Crippen molar-refractivity contribution >= 4 is 17.9 Å². The normalized spacial score (nSPS) is 6.71. The number of methoxy groups -OCH3 is 3. The van der Waals surface area contributed by atoms with E-state index in [1.165, 1.54) is 27.8 Å². The molecule has 0 aliphatic heterocycles. The van der Waals surface area contributed by atoms with Crippen LogP contribution in [-0.2, 0) is 28.6 Å². The monoisotopic (exact) mass is 302 g/mol. The molecule has 0 bridgehead atoms. The molecule has 0 aromatic rings. The van der Waals surface area contributed by atoms with Crippen molar-refractivity contribution in [2.24, 2.45) is 0 Å². The highest BCUT2D eigenvalue weighted by molar-refractivity contribution is 5.81. The van der Waals surface area contributed by atoms with Gasteiger partial charge in [-0.05, 0) is 0 Å². The van der Waals surface area contributed by atoms with E-state index in [1.54, 1.807) is 0 Å². The number of ether oxygens (including phenoxy) is 3. The molecule has 0 unspecified atom stereocenters. The van der Waals surface area contributed by atoms with Crippen molar-refractivity contribution in [2.45, 2.75) is 20.3 Å².